The van der Waals surface area contributed by atoms with Crippen LogP contribution in [-0.4, -0.2) is 19.6 Å². The molecule has 1 aromatic carbocycles. The van der Waals surface area contributed by atoms with Crippen LogP contribution >= 0.6 is 11.6 Å². The summed E-state index contributed by atoms with van der Waals surface area (Å²) >= 11 is 5.76. The fourth-order valence-electron chi connectivity index (χ4n) is 2.09. The Balaban J connectivity index is 2.05. The van der Waals surface area contributed by atoms with Gasteiger partial charge in [0, 0.05) is 6.20 Å². The summed E-state index contributed by atoms with van der Waals surface area (Å²) in [4.78, 5) is 18.9. The van der Waals surface area contributed by atoms with Crippen molar-refractivity contribution >= 4 is 28.6 Å². The monoisotopic (exact) mass is 303 g/mol. The topological polar surface area (TPSA) is 85.9 Å². The molecule has 21 heavy (non-hydrogen) atoms. The van der Waals surface area contributed by atoms with Crippen molar-refractivity contribution < 1.29 is 5.03 Å². The fourth-order valence-corrected chi connectivity index (χ4v) is 2.20. The highest BCUT2D eigenvalue weighted by Crippen LogP contribution is 2.21. The van der Waals surface area contributed by atoms with E-state index in [1.807, 2.05) is 24.3 Å². The Morgan fingerprint density at radius 3 is 2.81 bits per heavy atom. The third-order valence-electron chi connectivity index (χ3n) is 2.98. The molecule has 0 amide bonds. The lowest BCUT2D eigenvalue weighted by Crippen LogP contribution is -2.14. The lowest BCUT2D eigenvalue weighted by Gasteiger charge is -2.07. The van der Waals surface area contributed by atoms with E-state index in [4.69, 9.17) is 11.6 Å². The molecule has 106 valence electrons. The number of nitrogens with one attached hydrogen (secondary N) is 1. The van der Waals surface area contributed by atoms with Crippen LogP contribution in [0.5, 0.6) is 0 Å². The van der Waals surface area contributed by atoms with Crippen LogP contribution in [0.1, 0.15) is 5.56 Å². The first-order chi connectivity index (χ1) is 10.1. The maximum atomic E-state index is 10.7. The summed E-state index contributed by atoms with van der Waals surface area (Å²) in [5.41, 5.74) is 4.48. The molecule has 7 nitrogen and oxygen atoms in total. The number of fused-ring (bicyclic) bond motifs is 1. The molecule has 2 aromatic heterocycles. The van der Waals surface area contributed by atoms with Gasteiger partial charge in [-0.3, -0.25) is 0 Å². The predicted molar refractivity (Wildman–Crippen MR) is 78.7 cm³/mol. The lowest BCUT2D eigenvalue weighted by molar-refractivity contribution is -0.446. The number of imidazole rings is 1. The van der Waals surface area contributed by atoms with E-state index >= 15 is 0 Å². The number of para-hydroxylation sites is 2. The molecule has 0 aliphatic heterocycles. The first-order valence-corrected chi connectivity index (χ1v) is 6.48. The van der Waals surface area contributed by atoms with Gasteiger partial charge >= 0.3 is 0 Å². The largest absolute Gasteiger partial charge is 0.301 e. The van der Waals surface area contributed by atoms with Crippen LogP contribution in [0.25, 0.3) is 11.0 Å². The van der Waals surface area contributed by atoms with Crippen molar-refractivity contribution in [3.63, 3.8) is 0 Å². The molecule has 1 N–H and O–H groups in total. The summed E-state index contributed by atoms with van der Waals surface area (Å²) < 4.78 is 1.73. The molecule has 0 atom stereocenters. The second kappa shape index (κ2) is 5.37. The van der Waals surface area contributed by atoms with Crippen LogP contribution in [0.3, 0.4) is 0 Å². The number of hydrazine groups is 1. The molecule has 8 heteroatoms. The summed E-state index contributed by atoms with van der Waals surface area (Å²) in [6, 6.07) is 10.8. The lowest BCUT2D eigenvalue weighted by atomic mass is 10.2. The number of anilines is 1. The Morgan fingerprint density at radius 1 is 1.29 bits per heavy atom. The molecular formula is C13H10ClN5O2. The number of benzene rings is 1. The van der Waals surface area contributed by atoms with E-state index in [1.54, 1.807) is 22.9 Å². The predicted octanol–water partition coefficient (Wildman–Crippen LogP) is 2.74. The molecule has 0 aliphatic rings. The van der Waals surface area contributed by atoms with E-state index in [0.29, 0.717) is 17.2 Å². The van der Waals surface area contributed by atoms with Crippen LogP contribution in [0.15, 0.2) is 42.6 Å². The van der Waals surface area contributed by atoms with E-state index in [0.717, 1.165) is 11.1 Å². The molecule has 0 unspecified atom stereocenters. The normalized spacial score (nSPS) is 10.7. The summed E-state index contributed by atoms with van der Waals surface area (Å²) in [7, 11) is 0. The van der Waals surface area contributed by atoms with Gasteiger partial charge in [0.2, 0.25) is 0 Å². The molecule has 0 saturated heterocycles. The van der Waals surface area contributed by atoms with E-state index in [2.05, 4.69) is 15.4 Å². The number of hydrogen-bond acceptors (Lipinski definition) is 4. The Morgan fingerprint density at radius 2 is 2.10 bits per heavy atom. The number of nitro groups is 1. The van der Waals surface area contributed by atoms with Gasteiger partial charge in [-0.15, -0.1) is 0 Å². The Hall–Kier alpha value is -2.67. The van der Waals surface area contributed by atoms with Crippen LogP contribution in [0, 0.1) is 10.1 Å². The highest BCUT2D eigenvalue weighted by molar-refractivity contribution is 6.29. The third kappa shape index (κ3) is 2.77. The number of aromatic nitrogens is 3. The van der Waals surface area contributed by atoms with Crippen molar-refractivity contribution in [3.05, 3.63) is 63.4 Å². The van der Waals surface area contributed by atoms with Gasteiger partial charge in [-0.05, 0) is 23.8 Å². The number of halogens is 1. The Kier molecular flexibility index (Phi) is 3.41. The van der Waals surface area contributed by atoms with Crippen molar-refractivity contribution in [2.45, 2.75) is 6.54 Å². The first-order valence-electron chi connectivity index (χ1n) is 6.10. The highest BCUT2D eigenvalue weighted by Gasteiger charge is 2.14. The maximum absolute atomic E-state index is 10.7. The zero-order valence-electron chi connectivity index (χ0n) is 10.7. The van der Waals surface area contributed by atoms with E-state index in [1.165, 1.54) is 0 Å². The Bertz CT molecular complexity index is 800. The number of pyridine rings is 1. The van der Waals surface area contributed by atoms with Crippen molar-refractivity contribution in [1.82, 2.24) is 14.5 Å². The van der Waals surface area contributed by atoms with E-state index < -0.39 is 5.03 Å². The van der Waals surface area contributed by atoms with Gasteiger partial charge < -0.3 is 4.57 Å². The third-order valence-corrected chi connectivity index (χ3v) is 3.20. The van der Waals surface area contributed by atoms with Crippen molar-refractivity contribution in [1.29, 1.82) is 0 Å². The Labute approximate surface area is 124 Å². The molecule has 3 aromatic rings. The number of nitrogens with zero attached hydrogens (tertiary/aromatic N) is 4. The zero-order chi connectivity index (χ0) is 14.8. The number of hydrogen-bond donors (Lipinski definition) is 1. The van der Waals surface area contributed by atoms with Gasteiger partial charge in [-0.25, -0.2) is 20.1 Å². The molecular weight excluding hydrogens is 294 g/mol. The van der Waals surface area contributed by atoms with Gasteiger partial charge in [0.1, 0.15) is 5.15 Å². The second-order valence-electron chi connectivity index (χ2n) is 4.37. The summed E-state index contributed by atoms with van der Waals surface area (Å²) in [6.07, 6.45) is 1.63. The van der Waals surface area contributed by atoms with E-state index in [9.17, 15) is 10.1 Å². The van der Waals surface area contributed by atoms with Crippen LogP contribution in [-0.2, 0) is 6.54 Å². The summed E-state index contributed by atoms with van der Waals surface area (Å²) in [5.74, 6) is 0.177. The zero-order valence-corrected chi connectivity index (χ0v) is 11.5. The smallest absolute Gasteiger partial charge is 0.266 e. The standard InChI is InChI=1S/C13H10ClN5O2/c14-12-6-5-9(7-15-12)8-18-11-4-2-1-3-10(11)16-13(18)17-19(20)21/h1-7H,8H2,(H,16,17). The molecule has 0 bridgehead atoms. The van der Waals surface area contributed by atoms with Crippen molar-refractivity contribution in [3.8, 4) is 0 Å². The minimum absolute atomic E-state index is 0.177. The average Bonchev–Trinajstić information content (AvgIpc) is 2.78. The second-order valence-corrected chi connectivity index (χ2v) is 4.76. The van der Waals surface area contributed by atoms with Crippen molar-refractivity contribution in [2.75, 3.05) is 5.43 Å². The summed E-state index contributed by atoms with van der Waals surface area (Å²) in [6.45, 7) is 0.404. The van der Waals surface area contributed by atoms with Gasteiger partial charge in [0.15, 0.2) is 5.03 Å². The molecule has 2 heterocycles. The first kappa shape index (κ1) is 13.3. The van der Waals surface area contributed by atoms with Crippen LogP contribution in [0.2, 0.25) is 5.15 Å². The van der Waals surface area contributed by atoms with Crippen LogP contribution in [0.4, 0.5) is 5.95 Å². The van der Waals surface area contributed by atoms with Gasteiger partial charge in [-0.1, -0.05) is 35.2 Å². The summed E-state index contributed by atoms with van der Waals surface area (Å²) in [5, 5.41) is 10.5. The minimum atomic E-state index is -0.627. The van der Waals surface area contributed by atoms with Crippen molar-refractivity contribution in [2.24, 2.45) is 0 Å². The molecule has 0 saturated carbocycles. The quantitative estimate of drug-likeness (QED) is 0.455. The average molecular weight is 304 g/mol. The van der Waals surface area contributed by atoms with Gasteiger partial charge in [0.25, 0.3) is 5.95 Å². The molecule has 0 fully saturated rings. The van der Waals surface area contributed by atoms with Gasteiger partial charge in [-0.2, -0.15) is 0 Å². The van der Waals surface area contributed by atoms with Crippen LogP contribution < -0.4 is 5.43 Å². The fraction of sp³-hybridized carbons (Fsp3) is 0.0769. The molecule has 0 radical (unpaired) electrons. The molecule has 3 rings (SSSR count). The van der Waals surface area contributed by atoms with E-state index in [-0.39, 0.29) is 5.95 Å². The highest BCUT2D eigenvalue weighted by atomic mass is 35.5. The van der Waals surface area contributed by atoms with Gasteiger partial charge in [0.05, 0.1) is 17.6 Å². The maximum Gasteiger partial charge on any atom is 0.266 e. The number of rotatable bonds is 4. The minimum Gasteiger partial charge on any atom is -0.301 e. The SMILES string of the molecule is O=[N+]([O-])Nc1nc2ccccc2n1Cc1ccc(Cl)nc1. The molecule has 0 spiro atoms. The molecule has 0 aliphatic carbocycles.